The number of thiazole rings is 1. The third kappa shape index (κ3) is 5.01. The summed E-state index contributed by atoms with van der Waals surface area (Å²) in [7, 11) is 3.99. The van der Waals surface area contributed by atoms with Crippen molar-refractivity contribution in [2.45, 2.75) is 13.8 Å². The average molecular weight is 460 g/mol. The van der Waals surface area contributed by atoms with Crippen molar-refractivity contribution in [1.82, 2.24) is 9.88 Å². The molecule has 0 atom stereocenters. The van der Waals surface area contributed by atoms with Crippen LogP contribution in [0.4, 0.5) is 5.13 Å². The second-order valence-corrected chi connectivity index (χ2v) is 8.60. The lowest BCUT2D eigenvalue weighted by atomic mass is 10.1. The van der Waals surface area contributed by atoms with Gasteiger partial charge in [0.2, 0.25) is 6.79 Å². The summed E-state index contributed by atoms with van der Waals surface area (Å²) in [5, 5.41) is 0.723. The molecule has 3 aromatic rings. The van der Waals surface area contributed by atoms with E-state index in [0.29, 0.717) is 12.3 Å². The van der Waals surface area contributed by atoms with Crippen molar-refractivity contribution in [3.05, 3.63) is 53.1 Å². The van der Waals surface area contributed by atoms with Crippen LogP contribution in [0.25, 0.3) is 16.3 Å². The molecule has 2 heterocycles. The van der Waals surface area contributed by atoms with Crippen LogP contribution >= 0.6 is 23.7 Å². The molecule has 8 heteroatoms. The van der Waals surface area contributed by atoms with Gasteiger partial charge in [-0.3, -0.25) is 9.69 Å². The normalized spacial score (nSPS) is 12.5. The van der Waals surface area contributed by atoms with Crippen LogP contribution < -0.4 is 14.4 Å². The first kappa shape index (κ1) is 23.1. The Morgan fingerprint density at radius 3 is 2.68 bits per heavy atom. The van der Waals surface area contributed by atoms with Gasteiger partial charge in [-0.05, 0) is 68.9 Å². The Morgan fingerprint density at radius 2 is 1.90 bits per heavy atom. The monoisotopic (exact) mass is 459 g/mol. The number of aryl methyl sites for hydroxylation is 2. The van der Waals surface area contributed by atoms with Crippen molar-refractivity contribution in [1.29, 1.82) is 0 Å². The number of nitrogens with zero attached hydrogens (tertiary/aromatic N) is 3. The molecule has 1 aromatic heterocycles. The van der Waals surface area contributed by atoms with Gasteiger partial charge in [-0.15, -0.1) is 12.4 Å². The molecular weight excluding hydrogens is 434 g/mol. The number of carbonyl (C=O) groups is 1. The highest BCUT2D eigenvalue weighted by Gasteiger charge is 2.19. The largest absolute Gasteiger partial charge is 0.454 e. The van der Waals surface area contributed by atoms with Gasteiger partial charge in [-0.25, -0.2) is 4.98 Å². The Balaban J connectivity index is 0.00000272. The Kier molecular flexibility index (Phi) is 7.20. The zero-order valence-electron chi connectivity index (χ0n) is 18.0. The van der Waals surface area contributed by atoms with E-state index in [4.69, 9.17) is 14.5 Å². The van der Waals surface area contributed by atoms with Gasteiger partial charge in [0, 0.05) is 19.2 Å². The molecule has 0 fully saturated rings. The minimum Gasteiger partial charge on any atom is -0.454 e. The third-order valence-electron chi connectivity index (χ3n) is 5.16. The summed E-state index contributed by atoms with van der Waals surface area (Å²) in [6, 6.07) is 9.82. The number of carbonyl (C=O) groups excluding carboxylic acids is 1. The first-order valence-corrected chi connectivity index (χ1v) is 10.6. The average Bonchev–Trinajstić information content (AvgIpc) is 3.36. The molecule has 1 aliphatic rings. The van der Waals surface area contributed by atoms with Crippen molar-refractivity contribution < 1.29 is 14.3 Å². The number of hydrogen-bond acceptors (Lipinski definition) is 6. The van der Waals surface area contributed by atoms with Crippen LogP contribution in [0.1, 0.15) is 16.7 Å². The Morgan fingerprint density at radius 1 is 1.13 bits per heavy atom. The van der Waals surface area contributed by atoms with Crippen molar-refractivity contribution in [3.63, 3.8) is 0 Å². The van der Waals surface area contributed by atoms with Gasteiger partial charge in [-0.1, -0.05) is 23.5 Å². The van der Waals surface area contributed by atoms with Gasteiger partial charge in [0.25, 0.3) is 5.91 Å². The van der Waals surface area contributed by atoms with E-state index in [1.165, 1.54) is 5.56 Å². The van der Waals surface area contributed by atoms with Crippen LogP contribution in [0.2, 0.25) is 0 Å². The Labute approximate surface area is 192 Å². The highest BCUT2D eigenvalue weighted by molar-refractivity contribution is 7.22. The zero-order valence-corrected chi connectivity index (χ0v) is 19.7. The van der Waals surface area contributed by atoms with E-state index in [-0.39, 0.29) is 25.1 Å². The number of hydrogen-bond donors (Lipinski definition) is 0. The highest BCUT2D eigenvalue weighted by atomic mass is 35.5. The quantitative estimate of drug-likeness (QED) is 0.501. The molecule has 164 valence electrons. The molecule has 2 aromatic carbocycles. The predicted octanol–water partition coefficient (Wildman–Crippen LogP) is 4.67. The third-order valence-corrected chi connectivity index (χ3v) is 6.20. The summed E-state index contributed by atoms with van der Waals surface area (Å²) >= 11 is 1.55. The zero-order chi connectivity index (χ0) is 21.3. The van der Waals surface area contributed by atoms with Gasteiger partial charge in [0.1, 0.15) is 0 Å². The van der Waals surface area contributed by atoms with Crippen molar-refractivity contribution in [3.8, 4) is 11.5 Å². The van der Waals surface area contributed by atoms with Crippen LogP contribution in [0, 0.1) is 13.8 Å². The molecule has 1 aliphatic heterocycles. The molecule has 0 saturated heterocycles. The number of anilines is 1. The molecule has 0 saturated carbocycles. The van der Waals surface area contributed by atoms with Gasteiger partial charge in [-0.2, -0.15) is 0 Å². The number of likely N-dealkylation sites (N-methyl/N-ethyl adjacent to an activating group) is 1. The van der Waals surface area contributed by atoms with E-state index in [0.717, 1.165) is 38.8 Å². The number of rotatable bonds is 6. The second-order valence-electron chi connectivity index (χ2n) is 7.59. The lowest BCUT2D eigenvalue weighted by Gasteiger charge is -2.20. The van der Waals surface area contributed by atoms with Crippen molar-refractivity contribution in [2.24, 2.45) is 0 Å². The smallest absolute Gasteiger partial charge is 0.252 e. The Bertz CT molecular complexity index is 1130. The van der Waals surface area contributed by atoms with E-state index in [9.17, 15) is 4.79 Å². The van der Waals surface area contributed by atoms with E-state index in [2.05, 4.69) is 30.9 Å². The predicted molar refractivity (Wildman–Crippen MR) is 129 cm³/mol. The number of halogens is 1. The van der Waals surface area contributed by atoms with Crippen molar-refractivity contribution in [2.75, 3.05) is 38.9 Å². The lowest BCUT2D eigenvalue weighted by Crippen LogP contribution is -2.35. The number of aromatic nitrogens is 1. The maximum absolute atomic E-state index is 13.1. The first-order valence-electron chi connectivity index (χ1n) is 9.83. The number of fused-ring (bicyclic) bond motifs is 2. The molecular formula is C23H26ClN3O3S. The molecule has 0 radical (unpaired) electrons. The summed E-state index contributed by atoms with van der Waals surface area (Å²) in [5.74, 6) is 1.33. The fraction of sp³-hybridized carbons (Fsp3) is 0.304. The van der Waals surface area contributed by atoms with Crippen LogP contribution in [0.3, 0.4) is 0 Å². The molecule has 0 bridgehead atoms. The van der Waals surface area contributed by atoms with Gasteiger partial charge in [0.15, 0.2) is 16.6 Å². The van der Waals surface area contributed by atoms with Crippen LogP contribution in [-0.2, 0) is 4.79 Å². The van der Waals surface area contributed by atoms with Crippen LogP contribution in [-0.4, -0.2) is 49.8 Å². The summed E-state index contributed by atoms with van der Waals surface area (Å²) in [6.45, 7) is 5.70. The Hall–Kier alpha value is -2.61. The lowest BCUT2D eigenvalue weighted by molar-refractivity contribution is -0.114. The summed E-state index contributed by atoms with van der Waals surface area (Å²) < 4.78 is 11.9. The highest BCUT2D eigenvalue weighted by Crippen LogP contribution is 2.34. The molecule has 0 N–H and O–H groups in total. The van der Waals surface area contributed by atoms with Crippen LogP contribution in [0.5, 0.6) is 11.5 Å². The summed E-state index contributed by atoms with van der Waals surface area (Å²) in [4.78, 5) is 21.7. The molecule has 1 amide bonds. The fourth-order valence-corrected chi connectivity index (χ4v) is 4.26. The molecule has 0 spiro atoms. The standard InChI is InChI=1S/C23H25N3O3S.ClH/c1-15-5-9-20-22(16(15)2)24-23(30-20)26(12-11-25(3)4)21(27)10-7-17-6-8-18-19(13-17)29-14-28-18;/h5-10,13H,11-12,14H2,1-4H3;1H. The summed E-state index contributed by atoms with van der Waals surface area (Å²) in [5.41, 5.74) is 4.22. The number of amides is 1. The topological polar surface area (TPSA) is 54.9 Å². The SMILES string of the molecule is Cc1ccc2sc(N(CCN(C)C)C(=O)C=Cc3ccc4c(c3)OCO4)nc2c1C.Cl. The summed E-state index contributed by atoms with van der Waals surface area (Å²) in [6.07, 6.45) is 3.40. The molecule has 31 heavy (non-hydrogen) atoms. The van der Waals surface area contributed by atoms with E-state index < -0.39 is 0 Å². The van der Waals surface area contributed by atoms with Crippen molar-refractivity contribution >= 4 is 51.1 Å². The number of ether oxygens (including phenoxy) is 2. The second kappa shape index (κ2) is 9.68. The molecule has 0 unspecified atom stereocenters. The fourth-order valence-electron chi connectivity index (χ4n) is 3.20. The minimum absolute atomic E-state index is 0. The van der Waals surface area contributed by atoms with Crippen LogP contribution in [0.15, 0.2) is 36.4 Å². The van der Waals surface area contributed by atoms with E-state index in [1.807, 2.05) is 32.3 Å². The van der Waals surface area contributed by atoms with Gasteiger partial charge in [0.05, 0.1) is 10.2 Å². The minimum atomic E-state index is -0.0945. The molecule has 6 nitrogen and oxygen atoms in total. The van der Waals surface area contributed by atoms with Gasteiger partial charge >= 0.3 is 0 Å². The first-order chi connectivity index (χ1) is 14.4. The number of benzene rings is 2. The van der Waals surface area contributed by atoms with E-state index >= 15 is 0 Å². The molecule has 0 aliphatic carbocycles. The molecule has 4 rings (SSSR count). The van der Waals surface area contributed by atoms with E-state index in [1.54, 1.807) is 28.4 Å². The van der Waals surface area contributed by atoms with Gasteiger partial charge < -0.3 is 14.4 Å². The maximum atomic E-state index is 13.1. The maximum Gasteiger partial charge on any atom is 0.252 e.